The minimum Gasteiger partial charge on any atom is -0.353 e. The number of halogens is 1. The standard InChI is InChI=1S/C21H25FN6/c1-12(2)10-23-21-24-11-19-16(6-7-27(19)26-21)15-8-17(22)20-18(9-15)28(13(3)4)14(5)25-20/h6-9,11-13H,10H2,1-5H3,(H,23,26). The summed E-state index contributed by atoms with van der Waals surface area (Å²) in [6.07, 6.45) is 3.65. The maximum atomic E-state index is 14.8. The van der Waals surface area contributed by atoms with Crippen LogP contribution in [0.3, 0.4) is 0 Å². The zero-order chi connectivity index (χ0) is 20.0. The fourth-order valence-electron chi connectivity index (χ4n) is 3.60. The van der Waals surface area contributed by atoms with Crippen LogP contribution in [0.2, 0.25) is 0 Å². The number of aryl methyl sites for hydroxylation is 1. The first-order valence-corrected chi connectivity index (χ1v) is 9.62. The molecule has 0 amide bonds. The van der Waals surface area contributed by atoms with Crippen LogP contribution in [0.4, 0.5) is 10.3 Å². The van der Waals surface area contributed by atoms with Crippen LogP contribution in [0.5, 0.6) is 0 Å². The molecule has 1 aromatic carbocycles. The predicted octanol–water partition coefficient (Wildman–Crippen LogP) is 4.84. The van der Waals surface area contributed by atoms with Crippen molar-refractivity contribution in [1.29, 1.82) is 0 Å². The Labute approximate surface area is 163 Å². The summed E-state index contributed by atoms with van der Waals surface area (Å²) in [7, 11) is 0. The maximum absolute atomic E-state index is 14.8. The molecule has 0 atom stereocenters. The van der Waals surface area contributed by atoms with Gasteiger partial charge in [0.1, 0.15) is 11.3 Å². The van der Waals surface area contributed by atoms with Crippen molar-refractivity contribution in [1.82, 2.24) is 24.1 Å². The van der Waals surface area contributed by atoms with Crippen molar-refractivity contribution >= 4 is 22.5 Å². The summed E-state index contributed by atoms with van der Waals surface area (Å²) in [4.78, 5) is 8.83. The first kappa shape index (κ1) is 18.4. The molecule has 0 radical (unpaired) electrons. The van der Waals surface area contributed by atoms with Crippen LogP contribution in [0, 0.1) is 18.7 Å². The lowest BCUT2D eigenvalue weighted by Gasteiger charge is -2.11. The first-order chi connectivity index (χ1) is 13.3. The van der Waals surface area contributed by atoms with Gasteiger partial charge in [-0.3, -0.25) is 0 Å². The van der Waals surface area contributed by atoms with Gasteiger partial charge in [-0.1, -0.05) is 13.8 Å². The first-order valence-electron chi connectivity index (χ1n) is 9.62. The molecular formula is C21H25FN6. The van der Waals surface area contributed by atoms with Gasteiger partial charge < -0.3 is 9.88 Å². The summed E-state index contributed by atoms with van der Waals surface area (Å²) in [6.45, 7) is 11.1. The highest BCUT2D eigenvalue weighted by Gasteiger charge is 2.17. The normalized spacial score (nSPS) is 12.0. The van der Waals surface area contributed by atoms with Crippen molar-refractivity contribution in [3.63, 3.8) is 0 Å². The van der Waals surface area contributed by atoms with Crippen molar-refractivity contribution in [2.24, 2.45) is 5.92 Å². The van der Waals surface area contributed by atoms with Crippen molar-refractivity contribution < 1.29 is 4.39 Å². The number of rotatable bonds is 5. The smallest absolute Gasteiger partial charge is 0.241 e. The van der Waals surface area contributed by atoms with E-state index in [1.807, 2.05) is 25.3 Å². The minimum atomic E-state index is -0.314. The monoisotopic (exact) mass is 380 g/mol. The summed E-state index contributed by atoms with van der Waals surface area (Å²) in [5.41, 5.74) is 3.74. The van der Waals surface area contributed by atoms with E-state index in [4.69, 9.17) is 0 Å². The molecule has 0 spiro atoms. The molecule has 0 bridgehead atoms. The second-order valence-corrected chi connectivity index (χ2v) is 7.86. The lowest BCUT2D eigenvalue weighted by atomic mass is 10.1. The van der Waals surface area contributed by atoms with Crippen LogP contribution in [0.1, 0.15) is 39.6 Å². The van der Waals surface area contributed by atoms with E-state index in [0.29, 0.717) is 17.4 Å². The Balaban J connectivity index is 1.81. The summed E-state index contributed by atoms with van der Waals surface area (Å²) in [5, 5.41) is 7.74. The van der Waals surface area contributed by atoms with Gasteiger partial charge in [-0.25, -0.2) is 18.9 Å². The number of hydrogen-bond acceptors (Lipinski definition) is 4. The second-order valence-electron chi connectivity index (χ2n) is 7.86. The van der Waals surface area contributed by atoms with E-state index in [1.165, 1.54) is 0 Å². The molecule has 146 valence electrons. The van der Waals surface area contributed by atoms with E-state index >= 15 is 0 Å². The van der Waals surface area contributed by atoms with Gasteiger partial charge >= 0.3 is 0 Å². The molecule has 0 aliphatic heterocycles. The van der Waals surface area contributed by atoms with Gasteiger partial charge in [0.2, 0.25) is 5.95 Å². The molecule has 3 heterocycles. The Bertz CT molecular complexity index is 1150. The molecule has 0 aliphatic carbocycles. The van der Waals surface area contributed by atoms with E-state index < -0.39 is 0 Å². The van der Waals surface area contributed by atoms with E-state index in [1.54, 1.807) is 16.8 Å². The highest BCUT2D eigenvalue weighted by Crippen LogP contribution is 2.31. The van der Waals surface area contributed by atoms with Gasteiger partial charge in [0.05, 0.1) is 17.2 Å². The maximum Gasteiger partial charge on any atom is 0.241 e. The zero-order valence-electron chi connectivity index (χ0n) is 16.9. The Morgan fingerprint density at radius 1 is 1.14 bits per heavy atom. The number of aromatic nitrogens is 5. The summed E-state index contributed by atoms with van der Waals surface area (Å²) in [6, 6.07) is 5.68. The second kappa shape index (κ2) is 6.89. The molecular weight excluding hydrogens is 355 g/mol. The summed E-state index contributed by atoms with van der Waals surface area (Å²) >= 11 is 0. The molecule has 1 N–H and O–H groups in total. The number of benzene rings is 1. The van der Waals surface area contributed by atoms with Crippen LogP contribution in [-0.2, 0) is 0 Å². The molecule has 3 aromatic heterocycles. The zero-order valence-corrected chi connectivity index (χ0v) is 16.9. The van der Waals surface area contributed by atoms with Gasteiger partial charge in [-0.2, -0.15) is 0 Å². The average Bonchev–Trinajstić information content (AvgIpc) is 3.20. The topological polar surface area (TPSA) is 60.0 Å². The average molecular weight is 380 g/mol. The van der Waals surface area contributed by atoms with Crippen LogP contribution in [0.15, 0.2) is 30.6 Å². The molecule has 0 saturated heterocycles. The van der Waals surface area contributed by atoms with E-state index in [9.17, 15) is 4.39 Å². The lowest BCUT2D eigenvalue weighted by Crippen LogP contribution is -2.11. The van der Waals surface area contributed by atoms with E-state index in [0.717, 1.165) is 34.5 Å². The number of hydrogen-bond donors (Lipinski definition) is 1. The molecule has 0 fully saturated rings. The third kappa shape index (κ3) is 3.10. The van der Waals surface area contributed by atoms with Crippen LogP contribution >= 0.6 is 0 Å². The molecule has 6 nitrogen and oxygen atoms in total. The van der Waals surface area contributed by atoms with Crippen molar-refractivity contribution in [2.75, 3.05) is 11.9 Å². The van der Waals surface area contributed by atoms with E-state index in [2.05, 4.69) is 52.6 Å². The van der Waals surface area contributed by atoms with Gasteiger partial charge in [0, 0.05) is 24.3 Å². The Morgan fingerprint density at radius 3 is 2.64 bits per heavy atom. The third-order valence-electron chi connectivity index (χ3n) is 4.84. The number of nitrogens with zero attached hydrogens (tertiary/aromatic N) is 5. The molecule has 0 unspecified atom stereocenters. The van der Waals surface area contributed by atoms with Crippen LogP contribution < -0.4 is 5.32 Å². The molecule has 4 rings (SSSR count). The fourth-order valence-corrected chi connectivity index (χ4v) is 3.60. The Kier molecular flexibility index (Phi) is 4.53. The van der Waals surface area contributed by atoms with Gasteiger partial charge in [-0.15, -0.1) is 5.10 Å². The molecule has 28 heavy (non-hydrogen) atoms. The minimum absolute atomic E-state index is 0.198. The quantitative estimate of drug-likeness (QED) is 0.538. The number of nitrogens with one attached hydrogen (secondary N) is 1. The van der Waals surface area contributed by atoms with E-state index in [-0.39, 0.29) is 11.9 Å². The molecule has 4 aromatic rings. The summed E-state index contributed by atoms with van der Waals surface area (Å²) in [5.74, 6) is 1.58. The fraction of sp³-hybridized carbons (Fsp3) is 0.381. The molecule has 0 saturated carbocycles. The number of anilines is 1. The molecule has 7 heteroatoms. The predicted molar refractivity (Wildman–Crippen MR) is 110 cm³/mol. The number of imidazole rings is 1. The lowest BCUT2D eigenvalue weighted by molar-refractivity contribution is 0.600. The van der Waals surface area contributed by atoms with Crippen molar-refractivity contribution in [3.05, 3.63) is 42.2 Å². The van der Waals surface area contributed by atoms with Crippen LogP contribution in [-0.4, -0.2) is 30.7 Å². The third-order valence-corrected chi connectivity index (χ3v) is 4.84. The highest BCUT2D eigenvalue weighted by molar-refractivity contribution is 5.88. The van der Waals surface area contributed by atoms with Gasteiger partial charge in [0.15, 0.2) is 5.82 Å². The van der Waals surface area contributed by atoms with Crippen molar-refractivity contribution in [2.45, 2.75) is 40.7 Å². The largest absolute Gasteiger partial charge is 0.353 e. The number of fused-ring (bicyclic) bond motifs is 2. The summed E-state index contributed by atoms with van der Waals surface area (Å²) < 4.78 is 18.6. The van der Waals surface area contributed by atoms with Gasteiger partial charge in [-0.05, 0) is 50.5 Å². The van der Waals surface area contributed by atoms with Crippen LogP contribution in [0.25, 0.3) is 27.7 Å². The Hall–Kier alpha value is -2.96. The van der Waals surface area contributed by atoms with Crippen molar-refractivity contribution in [3.8, 4) is 11.1 Å². The highest BCUT2D eigenvalue weighted by atomic mass is 19.1. The molecule has 0 aliphatic rings. The Morgan fingerprint density at radius 2 is 1.93 bits per heavy atom. The SMILES string of the molecule is Cc1nc2c(F)cc(-c3ccn4nc(NCC(C)C)ncc34)cc2n1C(C)C. The van der Waals surface area contributed by atoms with Gasteiger partial charge in [0.25, 0.3) is 0 Å².